The van der Waals surface area contributed by atoms with Crippen molar-refractivity contribution in [2.45, 2.75) is 268 Å². The SMILES string of the molecule is C=C(C)[C@@H]1CC=C(C(c2nncn2-c2c(C)cccc2C)N2CCCC2)CC1.C=C(C)[C@@H]1CC=C(C(c2nncn2-c2c(C)cccc2C)N2CCCC2C)CC1.C=C(C)[C@@H]1CC=C(C(c2nncn2-c2c(C)cccc2C)N2CCCCC2)CC1.C=C(C)[C@@H]1CC=C(C(c2nncn2-c2c(C)cccc2C)N2CCCCCC2)CC1. The summed E-state index contributed by atoms with van der Waals surface area (Å²) in [5.74, 6) is 6.77. The Morgan fingerprint density at radius 3 is 0.767 bits per heavy atom. The van der Waals surface area contributed by atoms with Gasteiger partial charge < -0.3 is 0 Å². The van der Waals surface area contributed by atoms with E-state index in [9.17, 15) is 0 Å². The highest BCUT2D eigenvalue weighted by Crippen LogP contribution is 2.46. The molecule has 0 saturated carbocycles. The van der Waals surface area contributed by atoms with Crippen molar-refractivity contribution in [1.29, 1.82) is 0 Å². The van der Waals surface area contributed by atoms with Crippen molar-refractivity contribution < 1.29 is 0 Å². The summed E-state index contributed by atoms with van der Waals surface area (Å²) in [5.41, 5.74) is 26.4. The molecule has 9 atom stereocenters. The van der Waals surface area contributed by atoms with Gasteiger partial charge in [0.25, 0.3) is 0 Å². The van der Waals surface area contributed by atoms with E-state index >= 15 is 0 Å². The summed E-state index contributed by atoms with van der Waals surface area (Å²) in [6.45, 7) is 53.3. The minimum atomic E-state index is 0.208. The maximum Gasteiger partial charge on any atom is 0.159 e. The maximum absolute atomic E-state index is 4.72. The summed E-state index contributed by atoms with van der Waals surface area (Å²) in [5, 5.41) is 36.3. The highest BCUT2D eigenvalue weighted by molar-refractivity contribution is 5.52. The molecule has 4 saturated heterocycles. The quantitative estimate of drug-likeness (QED) is 0.0672. The van der Waals surface area contributed by atoms with E-state index in [1.54, 1.807) is 0 Å². The largest absolute Gasteiger partial charge is 0.290 e. The third kappa shape index (κ3) is 19.6. The molecule has 16 rings (SSSR count). The lowest BCUT2D eigenvalue weighted by Crippen LogP contribution is -2.36. The van der Waals surface area contributed by atoms with Gasteiger partial charge >= 0.3 is 0 Å². The van der Waals surface area contributed by atoms with Crippen LogP contribution in [0.2, 0.25) is 0 Å². The Hall–Kier alpha value is -8.80. The average Bonchev–Trinajstić information content (AvgIpc) is 1.59. The molecule has 8 heterocycles. The molecule has 0 radical (unpaired) electrons. The Morgan fingerprint density at radius 1 is 0.310 bits per heavy atom. The predicted molar refractivity (Wildman–Crippen MR) is 477 cm³/mol. The van der Waals surface area contributed by atoms with Crippen LogP contribution in [0.25, 0.3) is 22.7 Å². The molecule has 616 valence electrons. The van der Waals surface area contributed by atoms with Crippen molar-refractivity contribution in [3.8, 4) is 22.7 Å². The van der Waals surface area contributed by atoms with Crippen LogP contribution in [-0.2, 0) is 0 Å². The zero-order chi connectivity index (χ0) is 81.7. The van der Waals surface area contributed by atoms with Crippen LogP contribution in [0.15, 0.2) is 193 Å². The van der Waals surface area contributed by atoms with Gasteiger partial charge in [-0.15, -0.1) is 40.8 Å². The van der Waals surface area contributed by atoms with Crippen molar-refractivity contribution in [3.63, 3.8) is 0 Å². The number of allylic oxidation sites excluding steroid dienone is 8. The fraction of sp³-hybridized carbons (Fsp3) is 0.520. The normalized spacial score (nSPS) is 22.2. The molecular weight excluding hydrogens is 1430 g/mol. The van der Waals surface area contributed by atoms with Crippen molar-refractivity contribution in [1.82, 2.24) is 78.7 Å². The number of likely N-dealkylation sites (tertiary alicyclic amines) is 4. The molecule has 116 heavy (non-hydrogen) atoms. The van der Waals surface area contributed by atoms with E-state index in [1.165, 1.54) is 208 Å². The minimum Gasteiger partial charge on any atom is -0.290 e. The number of hydrogen-bond donors (Lipinski definition) is 0. The second-order valence-corrected chi connectivity index (χ2v) is 35.7. The molecular formula is C100H136N16. The van der Waals surface area contributed by atoms with Crippen LogP contribution in [-0.4, -0.2) is 131 Å². The number of hydrogen-bond acceptors (Lipinski definition) is 12. The van der Waals surface area contributed by atoms with Gasteiger partial charge in [0.05, 0.1) is 46.9 Å². The first-order chi connectivity index (χ1) is 56.1. The number of nitrogens with zero attached hydrogens (tertiary/aromatic N) is 16. The Bertz CT molecular complexity index is 4750. The number of piperidine rings is 1. The van der Waals surface area contributed by atoms with Gasteiger partial charge in [0.1, 0.15) is 25.3 Å². The summed E-state index contributed by atoms with van der Waals surface area (Å²) in [7, 11) is 0. The van der Waals surface area contributed by atoms with Crippen molar-refractivity contribution in [2.24, 2.45) is 23.7 Å². The van der Waals surface area contributed by atoms with E-state index < -0.39 is 0 Å². The predicted octanol–water partition coefficient (Wildman–Crippen LogP) is 22.9. The molecule has 16 heteroatoms. The molecule has 4 aromatic heterocycles. The van der Waals surface area contributed by atoms with E-state index in [0.29, 0.717) is 29.7 Å². The Kier molecular flexibility index (Phi) is 29.1. The van der Waals surface area contributed by atoms with Gasteiger partial charge in [0, 0.05) is 6.04 Å². The first-order valence-corrected chi connectivity index (χ1v) is 44.4. The third-order valence-electron chi connectivity index (χ3n) is 27.2. The average molecular weight is 1560 g/mol. The fourth-order valence-corrected chi connectivity index (χ4v) is 20.4. The number of aromatic nitrogens is 12. The molecule has 0 amide bonds. The van der Waals surface area contributed by atoms with Crippen molar-refractivity contribution >= 4 is 0 Å². The molecule has 0 spiro atoms. The lowest BCUT2D eigenvalue weighted by atomic mass is 9.82. The molecule has 8 aliphatic rings. The molecule has 16 nitrogen and oxygen atoms in total. The molecule has 4 aromatic carbocycles. The monoisotopic (exact) mass is 1560 g/mol. The topological polar surface area (TPSA) is 136 Å². The molecule has 5 unspecified atom stereocenters. The number of aryl methyl sites for hydroxylation is 8. The van der Waals surface area contributed by atoms with E-state index in [0.717, 1.165) is 120 Å². The minimum absolute atomic E-state index is 0.208. The van der Waals surface area contributed by atoms with Gasteiger partial charge in [-0.2, -0.15) is 0 Å². The standard InChI is InChI=1S/C26H36N4.2C25H34N4.C24H32N4/c1-19(2)22-12-14-23(15-13-22)25(29-16-7-5-6-8-17-29)26-28-27-18-30(26)24-20(3)10-9-11-21(24)4;1-17(2)21-11-13-22(14-12-21)24(28-15-7-10-20(28)5)25-27-26-16-29(25)23-18(3)8-6-9-19(23)4;1-18(2)21-11-13-22(14-12-21)24(28-15-6-5-7-16-28)25-27-26-17-29(25)23-19(3)9-8-10-20(23)4;1-17(2)20-10-12-21(13-11-20)23(27-14-5-6-15-27)24-26-25-16-28(24)22-18(3)8-7-9-19(22)4/h9-11,14,18,22,25H,1,5-8,12-13,15-17H2,2-4H3;6,8-9,13,16,20-21,24H,1,7,10-12,14-15H2,2-5H3;8-10,13,17,21,24H,1,5-7,11-12,14-16H2,2-4H3;7-9,12,16,20,23H,1,5-6,10-11,13-15H2,2-4H3/t22-,25?;20?,21-,24?;21-,24?;20-,23?/m1111/s1. The van der Waals surface area contributed by atoms with Gasteiger partial charge in [0.15, 0.2) is 23.3 Å². The fourth-order valence-electron chi connectivity index (χ4n) is 20.4. The number of para-hydroxylation sites is 4. The number of benzene rings is 4. The third-order valence-corrected chi connectivity index (χ3v) is 27.2. The first kappa shape index (κ1) is 85.1. The Labute approximate surface area is 695 Å². The molecule has 4 fully saturated rings. The molecule has 0 N–H and O–H groups in total. The summed E-state index contributed by atoms with van der Waals surface area (Å²) in [6.07, 6.45) is 45.4. The Balaban J connectivity index is 0.000000135. The van der Waals surface area contributed by atoms with Crippen LogP contribution in [0, 0.1) is 79.1 Å². The second kappa shape index (κ2) is 39.6. The first-order valence-electron chi connectivity index (χ1n) is 44.4. The summed E-state index contributed by atoms with van der Waals surface area (Å²) >= 11 is 0. The molecule has 8 aromatic rings. The summed E-state index contributed by atoms with van der Waals surface area (Å²) in [6, 6.07) is 27.4. The summed E-state index contributed by atoms with van der Waals surface area (Å²) < 4.78 is 8.98. The highest BCUT2D eigenvalue weighted by Gasteiger charge is 2.39. The smallest absolute Gasteiger partial charge is 0.159 e. The number of rotatable bonds is 20. The van der Waals surface area contributed by atoms with Crippen LogP contribution < -0.4 is 0 Å². The Morgan fingerprint density at radius 2 is 0.543 bits per heavy atom. The van der Waals surface area contributed by atoms with Crippen LogP contribution >= 0.6 is 0 Å². The van der Waals surface area contributed by atoms with Gasteiger partial charge in [-0.25, -0.2) is 0 Å². The second-order valence-electron chi connectivity index (χ2n) is 35.7. The summed E-state index contributed by atoms with van der Waals surface area (Å²) in [4.78, 5) is 10.6. The van der Waals surface area contributed by atoms with Crippen molar-refractivity contribution in [2.75, 3.05) is 45.8 Å². The van der Waals surface area contributed by atoms with E-state index in [4.69, 9.17) is 15.3 Å². The van der Waals surface area contributed by atoms with E-state index in [2.05, 4.69) is 277 Å². The highest BCUT2D eigenvalue weighted by atomic mass is 15.3. The van der Waals surface area contributed by atoms with Gasteiger partial charge in [-0.3, -0.25) is 37.9 Å². The zero-order valence-electron chi connectivity index (χ0n) is 72.9. The van der Waals surface area contributed by atoms with Gasteiger partial charge in [0.2, 0.25) is 0 Å². The zero-order valence-corrected chi connectivity index (χ0v) is 72.9. The van der Waals surface area contributed by atoms with Crippen molar-refractivity contribution in [3.05, 3.63) is 261 Å². The molecule has 4 aliphatic carbocycles. The maximum atomic E-state index is 4.72. The van der Waals surface area contributed by atoms with Crippen LogP contribution in [0.5, 0.6) is 0 Å². The van der Waals surface area contributed by atoms with Crippen LogP contribution in [0.1, 0.15) is 274 Å². The lowest BCUT2D eigenvalue weighted by Gasteiger charge is -2.37. The molecule has 0 bridgehead atoms. The van der Waals surface area contributed by atoms with Gasteiger partial charge in [-0.05, 0) is 355 Å². The van der Waals surface area contributed by atoms with Gasteiger partial charge in [-0.1, -0.05) is 165 Å². The van der Waals surface area contributed by atoms with Crippen LogP contribution in [0.3, 0.4) is 0 Å². The van der Waals surface area contributed by atoms with E-state index in [-0.39, 0.29) is 24.2 Å². The lowest BCUT2D eigenvalue weighted by molar-refractivity contribution is 0.172. The van der Waals surface area contributed by atoms with Crippen LogP contribution in [0.4, 0.5) is 0 Å². The molecule has 4 aliphatic heterocycles. The van der Waals surface area contributed by atoms with E-state index in [1.807, 2.05) is 25.3 Å².